The number of carbonyl (C=O) groups is 1. The summed E-state index contributed by atoms with van der Waals surface area (Å²) in [7, 11) is 0. The van der Waals surface area contributed by atoms with Gasteiger partial charge in [-0.1, -0.05) is 17.7 Å². The monoisotopic (exact) mass is 301 g/mol. The number of hydrogen-bond donors (Lipinski definition) is 2. The second-order valence-electron chi connectivity index (χ2n) is 5.31. The minimum absolute atomic E-state index is 0.142. The van der Waals surface area contributed by atoms with Crippen molar-refractivity contribution in [2.24, 2.45) is 5.73 Å². The molecule has 0 fully saturated rings. The van der Waals surface area contributed by atoms with Crippen molar-refractivity contribution in [3.8, 4) is 0 Å². The highest BCUT2D eigenvalue weighted by atomic mass is 35.5. The number of halogens is 1. The molecule has 1 unspecified atom stereocenters. The molecule has 1 aliphatic carbocycles. The number of aryl methyl sites for hydroxylation is 1. The topological polar surface area (TPSA) is 68.0 Å². The van der Waals surface area contributed by atoms with Crippen LogP contribution in [0.1, 0.15) is 27.9 Å². The zero-order chi connectivity index (χ0) is 14.8. The Morgan fingerprint density at radius 1 is 1.29 bits per heavy atom. The van der Waals surface area contributed by atoms with Crippen molar-refractivity contribution in [2.75, 3.05) is 5.32 Å². The van der Waals surface area contributed by atoms with E-state index in [9.17, 15) is 4.79 Å². The molecule has 1 aromatic carbocycles. The average Bonchev–Trinajstić information content (AvgIpc) is 2.49. The van der Waals surface area contributed by atoms with E-state index in [2.05, 4.69) is 10.3 Å². The molecule has 108 valence electrons. The molecule has 5 heteroatoms. The molecule has 1 aliphatic rings. The van der Waals surface area contributed by atoms with Crippen molar-refractivity contribution in [3.05, 3.63) is 58.4 Å². The zero-order valence-corrected chi connectivity index (χ0v) is 12.2. The van der Waals surface area contributed by atoms with Gasteiger partial charge in [-0.15, -0.1) is 0 Å². The predicted molar refractivity (Wildman–Crippen MR) is 83.6 cm³/mol. The quantitative estimate of drug-likeness (QED) is 0.838. The number of nitrogens with zero attached hydrogens (tertiary/aromatic N) is 1. The summed E-state index contributed by atoms with van der Waals surface area (Å²) in [6.45, 7) is 0. The molecule has 0 radical (unpaired) electrons. The Hall–Kier alpha value is -1.91. The third kappa shape index (κ3) is 3.23. The van der Waals surface area contributed by atoms with Gasteiger partial charge in [0.1, 0.15) is 5.15 Å². The highest BCUT2D eigenvalue weighted by molar-refractivity contribution is 6.29. The first kappa shape index (κ1) is 14.0. The molecule has 3 N–H and O–H groups in total. The van der Waals surface area contributed by atoms with Crippen molar-refractivity contribution in [1.82, 2.24) is 4.98 Å². The Bertz CT molecular complexity index is 670. The zero-order valence-electron chi connectivity index (χ0n) is 11.5. The van der Waals surface area contributed by atoms with E-state index in [4.69, 9.17) is 17.3 Å². The first-order valence-corrected chi connectivity index (χ1v) is 7.30. The number of amides is 1. The molecule has 1 aromatic heterocycles. The van der Waals surface area contributed by atoms with Gasteiger partial charge in [0.2, 0.25) is 0 Å². The number of hydrogen-bond acceptors (Lipinski definition) is 3. The number of carbonyl (C=O) groups excluding carboxylic acids is 1. The SMILES string of the molecule is NC1CCc2cc(C(=O)Nc3ccc(Cl)nc3)ccc2C1. The van der Waals surface area contributed by atoms with Crippen LogP contribution in [0, 0.1) is 0 Å². The Morgan fingerprint density at radius 3 is 2.90 bits per heavy atom. The van der Waals surface area contributed by atoms with Crippen molar-refractivity contribution >= 4 is 23.2 Å². The maximum atomic E-state index is 12.3. The molecule has 0 saturated heterocycles. The summed E-state index contributed by atoms with van der Waals surface area (Å²) in [5.74, 6) is -0.142. The van der Waals surface area contributed by atoms with Gasteiger partial charge < -0.3 is 11.1 Å². The van der Waals surface area contributed by atoms with Crippen LogP contribution in [0.3, 0.4) is 0 Å². The first-order chi connectivity index (χ1) is 10.1. The number of pyridine rings is 1. The Morgan fingerprint density at radius 2 is 2.14 bits per heavy atom. The Labute approximate surface area is 128 Å². The van der Waals surface area contributed by atoms with Crippen molar-refractivity contribution < 1.29 is 4.79 Å². The van der Waals surface area contributed by atoms with Gasteiger partial charge in [0.15, 0.2) is 0 Å². The largest absolute Gasteiger partial charge is 0.327 e. The van der Waals surface area contributed by atoms with Gasteiger partial charge in [-0.3, -0.25) is 4.79 Å². The first-order valence-electron chi connectivity index (χ1n) is 6.92. The van der Waals surface area contributed by atoms with Gasteiger partial charge in [0, 0.05) is 11.6 Å². The smallest absolute Gasteiger partial charge is 0.255 e. The molecule has 2 aromatic rings. The normalized spacial score (nSPS) is 17.1. The molecule has 0 spiro atoms. The average molecular weight is 302 g/mol. The van der Waals surface area contributed by atoms with E-state index >= 15 is 0 Å². The molecule has 21 heavy (non-hydrogen) atoms. The molecule has 0 bridgehead atoms. The van der Waals surface area contributed by atoms with E-state index in [1.165, 1.54) is 17.3 Å². The molecular weight excluding hydrogens is 286 g/mol. The lowest BCUT2D eigenvalue weighted by Crippen LogP contribution is -2.28. The molecule has 1 amide bonds. The lowest BCUT2D eigenvalue weighted by molar-refractivity contribution is 0.102. The summed E-state index contributed by atoms with van der Waals surface area (Å²) in [5.41, 5.74) is 9.72. The van der Waals surface area contributed by atoms with Crippen LogP contribution in [0.5, 0.6) is 0 Å². The minimum atomic E-state index is -0.142. The van der Waals surface area contributed by atoms with E-state index in [1.54, 1.807) is 12.1 Å². The van der Waals surface area contributed by atoms with Gasteiger partial charge in [-0.2, -0.15) is 0 Å². The highest BCUT2D eigenvalue weighted by Crippen LogP contribution is 2.22. The number of nitrogens with two attached hydrogens (primary N) is 1. The lowest BCUT2D eigenvalue weighted by Gasteiger charge is -2.21. The summed E-state index contributed by atoms with van der Waals surface area (Å²) in [6, 6.07) is 9.41. The predicted octanol–water partition coefficient (Wildman–Crippen LogP) is 2.80. The Kier molecular flexibility index (Phi) is 3.90. The number of rotatable bonds is 2. The van der Waals surface area contributed by atoms with Crippen molar-refractivity contribution in [1.29, 1.82) is 0 Å². The molecule has 1 atom stereocenters. The van der Waals surface area contributed by atoms with Crippen LogP contribution < -0.4 is 11.1 Å². The van der Waals surface area contributed by atoms with E-state index < -0.39 is 0 Å². The van der Waals surface area contributed by atoms with Gasteiger partial charge >= 0.3 is 0 Å². The maximum absolute atomic E-state index is 12.3. The van der Waals surface area contributed by atoms with Crippen molar-refractivity contribution in [3.63, 3.8) is 0 Å². The van der Waals surface area contributed by atoms with Crippen LogP contribution in [0.15, 0.2) is 36.5 Å². The number of benzene rings is 1. The highest BCUT2D eigenvalue weighted by Gasteiger charge is 2.17. The molecular formula is C16H16ClN3O. The second-order valence-corrected chi connectivity index (χ2v) is 5.70. The lowest BCUT2D eigenvalue weighted by atomic mass is 9.87. The van der Waals surface area contributed by atoms with E-state index in [0.29, 0.717) is 16.4 Å². The number of aromatic nitrogens is 1. The van der Waals surface area contributed by atoms with Crippen LogP contribution in [-0.4, -0.2) is 16.9 Å². The summed E-state index contributed by atoms with van der Waals surface area (Å²) in [5, 5.41) is 3.22. The fourth-order valence-electron chi connectivity index (χ4n) is 2.58. The van der Waals surface area contributed by atoms with Crippen LogP contribution in [-0.2, 0) is 12.8 Å². The summed E-state index contributed by atoms with van der Waals surface area (Å²) in [6.07, 6.45) is 4.33. The molecule has 0 aliphatic heterocycles. The second kappa shape index (κ2) is 5.84. The van der Waals surface area contributed by atoms with Gasteiger partial charge in [0.25, 0.3) is 5.91 Å². The number of fused-ring (bicyclic) bond motifs is 1. The van der Waals surface area contributed by atoms with Crippen molar-refractivity contribution in [2.45, 2.75) is 25.3 Å². The third-order valence-electron chi connectivity index (χ3n) is 3.72. The number of nitrogens with one attached hydrogen (secondary N) is 1. The maximum Gasteiger partial charge on any atom is 0.255 e. The standard InChI is InChI=1S/C16H16ClN3O/c17-15-6-5-14(9-19-15)20-16(21)12-2-1-11-8-13(18)4-3-10(11)7-12/h1-2,5-7,9,13H,3-4,8,18H2,(H,20,21). The van der Waals surface area contributed by atoms with Gasteiger partial charge in [0.05, 0.1) is 11.9 Å². The number of anilines is 1. The van der Waals surface area contributed by atoms with E-state index in [-0.39, 0.29) is 11.9 Å². The summed E-state index contributed by atoms with van der Waals surface area (Å²) < 4.78 is 0. The minimum Gasteiger partial charge on any atom is -0.327 e. The van der Waals surface area contributed by atoms with E-state index in [0.717, 1.165) is 19.3 Å². The summed E-state index contributed by atoms with van der Waals surface area (Å²) in [4.78, 5) is 16.2. The third-order valence-corrected chi connectivity index (χ3v) is 3.94. The molecule has 0 saturated carbocycles. The summed E-state index contributed by atoms with van der Waals surface area (Å²) >= 11 is 5.72. The van der Waals surface area contributed by atoms with Crippen LogP contribution in [0.4, 0.5) is 5.69 Å². The Balaban J connectivity index is 1.77. The molecule has 4 nitrogen and oxygen atoms in total. The van der Waals surface area contributed by atoms with Gasteiger partial charge in [-0.25, -0.2) is 4.98 Å². The fourth-order valence-corrected chi connectivity index (χ4v) is 2.69. The van der Waals surface area contributed by atoms with Crippen LogP contribution in [0.25, 0.3) is 0 Å². The van der Waals surface area contributed by atoms with E-state index in [1.807, 2.05) is 18.2 Å². The molecule has 1 heterocycles. The molecule has 3 rings (SSSR count). The van der Waals surface area contributed by atoms with Crippen LogP contribution in [0.2, 0.25) is 5.15 Å². The van der Waals surface area contributed by atoms with Crippen LogP contribution >= 0.6 is 11.6 Å². The fraction of sp³-hybridized carbons (Fsp3) is 0.250. The van der Waals surface area contributed by atoms with Gasteiger partial charge in [-0.05, 0) is 54.7 Å².